The van der Waals surface area contributed by atoms with Crippen molar-refractivity contribution in [3.63, 3.8) is 0 Å². The number of imide groups is 1. The Bertz CT molecular complexity index is 699. The van der Waals surface area contributed by atoms with Gasteiger partial charge in [0.2, 0.25) is 10.0 Å². The number of aryl methyl sites for hydroxylation is 1. The maximum absolute atomic E-state index is 12.0. The molecule has 22 heavy (non-hydrogen) atoms. The Morgan fingerprint density at radius 2 is 1.95 bits per heavy atom. The van der Waals surface area contributed by atoms with Gasteiger partial charge in [-0.2, -0.15) is 0 Å². The van der Waals surface area contributed by atoms with Gasteiger partial charge in [-0.3, -0.25) is 10.1 Å². The number of hydrogen-bond donors (Lipinski definition) is 2. The molecule has 0 aromatic heterocycles. The van der Waals surface area contributed by atoms with E-state index in [4.69, 9.17) is 0 Å². The Hall–Kier alpha value is -1.71. The van der Waals surface area contributed by atoms with Gasteiger partial charge in [0.05, 0.1) is 0 Å². The predicted molar refractivity (Wildman–Crippen MR) is 84.6 cm³/mol. The third-order valence-corrected chi connectivity index (χ3v) is 5.47. The molecule has 1 aliphatic heterocycles. The number of rotatable bonds is 6. The van der Waals surface area contributed by atoms with Gasteiger partial charge in [-0.25, -0.2) is 22.9 Å². The Kier molecular flexibility index (Phi) is 5.33. The van der Waals surface area contributed by atoms with E-state index in [1.54, 1.807) is 0 Å². The first-order chi connectivity index (χ1) is 10.4. The quantitative estimate of drug-likeness (QED) is 0.585. The molecule has 2 N–H and O–H groups in total. The van der Waals surface area contributed by atoms with Crippen LogP contribution < -0.4 is 10.0 Å². The van der Waals surface area contributed by atoms with Gasteiger partial charge in [0.1, 0.15) is 0 Å². The highest BCUT2D eigenvalue weighted by atomic mass is 32.2. The van der Waals surface area contributed by atoms with E-state index in [1.807, 2.05) is 36.5 Å². The van der Waals surface area contributed by atoms with E-state index in [2.05, 4.69) is 9.71 Å². The minimum Gasteiger partial charge on any atom is -0.275 e. The lowest BCUT2D eigenvalue weighted by atomic mass is 10.2. The molecule has 2 rings (SSSR count). The third kappa shape index (κ3) is 4.39. The molecule has 0 saturated carbocycles. The van der Waals surface area contributed by atoms with Gasteiger partial charge in [0.25, 0.3) is 5.91 Å². The molecule has 0 saturated heterocycles. The second kappa shape index (κ2) is 7.03. The van der Waals surface area contributed by atoms with E-state index in [9.17, 15) is 18.0 Å². The monoisotopic (exact) mass is 341 g/mol. The first kappa shape index (κ1) is 16.7. The van der Waals surface area contributed by atoms with Gasteiger partial charge in [0.15, 0.2) is 5.25 Å². The van der Waals surface area contributed by atoms with Crippen LogP contribution in [0.1, 0.15) is 5.56 Å². The molecule has 0 spiro atoms. The number of nitrogens with one attached hydrogen (secondary N) is 2. The summed E-state index contributed by atoms with van der Waals surface area (Å²) in [6.45, 7) is 2.16. The van der Waals surface area contributed by atoms with Crippen LogP contribution in [0.4, 0.5) is 4.79 Å². The molecule has 0 radical (unpaired) electrons. The molecule has 0 bridgehead atoms. The van der Waals surface area contributed by atoms with E-state index >= 15 is 0 Å². The molecule has 1 aliphatic rings. The normalized spacial score (nSPS) is 18.3. The van der Waals surface area contributed by atoms with Crippen molar-refractivity contribution in [2.75, 3.05) is 12.3 Å². The molecule has 1 unspecified atom stereocenters. The average Bonchev–Trinajstić information content (AvgIpc) is 2.45. The number of urea groups is 1. The maximum Gasteiger partial charge on any atom is 0.347 e. The average molecular weight is 341 g/mol. The van der Waals surface area contributed by atoms with E-state index in [-0.39, 0.29) is 6.54 Å². The largest absolute Gasteiger partial charge is 0.347 e. The fourth-order valence-corrected chi connectivity index (χ4v) is 3.74. The fraction of sp³-hybridized carbons (Fsp3) is 0.308. The Balaban J connectivity index is 1.85. The van der Waals surface area contributed by atoms with E-state index in [1.165, 1.54) is 11.8 Å². The summed E-state index contributed by atoms with van der Waals surface area (Å²) in [5.41, 5.74) is 1.15. The molecule has 1 heterocycles. The molecular weight excluding hydrogens is 326 g/mol. The summed E-state index contributed by atoms with van der Waals surface area (Å²) in [7, 11) is -3.89. The minimum atomic E-state index is -3.89. The van der Waals surface area contributed by atoms with Crippen LogP contribution in [-0.2, 0) is 14.8 Å². The number of benzene rings is 1. The van der Waals surface area contributed by atoms with Crippen LogP contribution >= 0.6 is 11.8 Å². The van der Waals surface area contributed by atoms with Gasteiger partial charge in [-0.05, 0) is 19.1 Å². The number of thioether (sulfide) groups is 1. The van der Waals surface area contributed by atoms with Crippen molar-refractivity contribution < 1.29 is 18.0 Å². The lowest BCUT2D eigenvalue weighted by Gasteiger charge is -2.15. The Morgan fingerprint density at radius 1 is 1.27 bits per heavy atom. The lowest BCUT2D eigenvalue weighted by Crippen LogP contribution is -2.50. The fourth-order valence-electron chi connectivity index (χ4n) is 1.71. The minimum absolute atomic E-state index is 0.173. The first-order valence-electron chi connectivity index (χ1n) is 6.45. The van der Waals surface area contributed by atoms with Crippen molar-refractivity contribution in [2.24, 2.45) is 4.99 Å². The van der Waals surface area contributed by atoms with Crippen LogP contribution in [0.15, 0.2) is 34.2 Å². The molecule has 1 aromatic carbocycles. The van der Waals surface area contributed by atoms with Crippen LogP contribution in [0.5, 0.6) is 0 Å². The standard InChI is InChI=1S/C13H15N3O4S2/c1-9-2-4-10(5-3-9)21-7-6-15-22(19,20)11-8-14-13(18)16-12(11)17/h2-5,8,11,15H,6-7H2,1H3,(H,16,17,18). The third-order valence-electron chi connectivity index (χ3n) is 2.85. The molecule has 1 aromatic rings. The van der Waals surface area contributed by atoms with Crippen LogP contribution in [0, 0.1) is 6.92 Å². The molecule has 0 aliphatic carbocycles. The summed E-state index contributed by atoms with van der Waals surface area (Å²) >= 11 is 1.50. The maximum atomic E-state index is 12.0. The highest BCUT2D eigenvalue weighted by Gasteiger charge is 2.34. The van der Waals surface area contributed by atoms with Crippen molar-refractivity contribution in [2.45, 2.75) is 17.1 Å². The van der Waals surface area contributed by atoms with E-state index < -0.39 is 27.2 Å². The number of amides is 3. The summed E-state index contributed by atoms with van der Waals surface area (Å²) in [4.78, 5) is 26.7. The van der Waals surface area contributed by atoms with Crippen molar-refractivity contribution >= 4 is 39.9 Å². The van der Waals surface area contributed by atoms with Crippen molar-refractivity contribution in [3.05, 3.63) is 29.8 Å². The summed E-state index contributed by atoms with van der Waals surface area (Å²) in [6.07, 6.45) is 0.844. The van der Waals surface area contributed by atoms with Crippen LogP contribution in [0.2, 0.25) is 0 Å². The van der Waals surface area contributed by atoms with Crippen molar-refractivity contribution in [1.82, 2.24) is 10.0 Å². The molecule has 7 nitrogen and oxygen atoms in total. The first-order valence-corrected chi connectivity index (χ1v) is 8.98. The number of sulfonamides is 1. The van der Waals surface area contributed by atoms with Gasteiger partial charge in [0, 0.05) is 23.4 Å². The highest BCUT2D eigenvalue weighted by molar-refractivity contribution is 7.99. The zero-order valence-electron chi connectivity index (χ0n) is 11.8. The number of hydrogen-bond acceptors (Lipinski definition) is 5. The van der Waals surface area contributed by atoms with Crippen LogP contribution in [0.3, 0.4) is 0 Å². The summed E-state index contributed by atoms with van der Waals surface area (Å²) in [6, 6.07) is 7.02. The summed E-state index contributed by atoms with van der Waals surface area (Å²) in [5.74, 6) is -0.370. The SMILES string of the molecule is Cc1ccc(SCCNS(=O)(=O)C2C=NC(=O)NC2=O)cc1. The summed E-state index contributed by atoms with van der Waals surface area (Å²) < 4.78 is 26.3. The van der Waals surface area contributed by atoms with E-state index in [0.717, 1.165) is 16.7 Å². The number of carbonyl (C=O) groups is 2. The topological polar surface area (TPSA) is 105 Å². The lowest BCUT2D eigenvalue weighted by molar-refractivity contribution is -0.118. The second-order valence-electron chi connectivity index (χ2n) is 4.59. The number of nitrogens with zero attached hydrogens (tertiary/aromatic N) is 1. The van der Waals surface area contributed by atoms with E-state index in [0.29, 0.717) is 5.75 Å². The number of carbonyl (C=O) groups excluding carboxylic acids is 2. The molecular formula is C13H15N3O4S2. The Morgan fingerprint density at radius 3 is 2.59 bits per heavy atom. The highest BCUT2D eigenvalue weighted by Crippen LogP contribution is 2.17. The molecule has 3 amide bonds. The molecule has 0 fully saturated rings. The zero-order valence-corrected chi connectivity index (χ0v) is 13.4. The van der Waals surface area contributed by atoms with Gasteiger partial charge in [-0.1, -0.05) is 17.7 Å². The van der Waals surface area contributed by atoms with Gasteiger partial charge >= 0.3 is 6.03 Å². The summed E-state index contributed by atoms with van der Waals surface area (Å²) in [5, 5.41) is 0.380. The van der Waals surface area contributed by atoms with Crippen LogP contribution in [0.25, 0.3) is 0 Å². The predicted octanol–water partition coefficient (Wildman–Crippen LogP) is 0.696. The molecule has 9 heteroatoms. The smallest absolute Gasteiger partial charge is 0.275 e. The zero-order chi connectivity index (χ0) is 16.2. The van der Waals surface area contributed by atoms with Gasteiger partial charge in [-0.15, -0.1) is 11.8 Å². The van der Waals surface area contributed by atoms with Crippen molar-refractivity contribution in [3.8, 4) is 0 Å². The second-order valence-corrected chi connectivity index (χ2v) is 7.65. The van der Waals surface area contributed by atoms with Gasteiger partial charge < -0.3 is 0 Å². The molecule has 118 valence electrons. The van der Waals surface area contributed by atoms with Crippen molar-refractivity contribution in [1.29, 1.82) is 0 Å². The molecule has 1 atom stereocenters. The number of aliphatic imine (C=N–C) groups is 1. The van der Waals surface area contributed by atoms with Crippen LogP contribution in [-0.4, -0.2) is 44.1 Å². The Labute approximate surface area is 132 Å².